The molecular weight excluding hydrogens is 759 g/mol. The fraction of sp³-hybridized carbons (Fsp3) is 0.0484. The number of benzene rings is 9. The third-order valence-corrected chi connectivity index (χ3v) is 12.7. The summed E-state index contributed by atoms with van der Waals surface area (Å²) in [7, 11) is 0. The maximum atomic E-state index is 3.43. The van der Waals surface area contributed by atoms with Gasteiger partial charge in [0.25, 0.3) is 0 Å². The zero-order valence-corrected chi connectivity index (χ0v) is 35.0. The highest BCUT2D eigenvalue weighted by molar-refractivity contribution is 6.10. The van der Waals surface area contributed by atoms with Gasteiger partial charge < -0.3 is 4.57 Å². The second kappa shape index (κ2) is 16.8. The van der Waals surface area contributed by atoms with Crippen LogP contribution in [0.5, 0.6) is 0 Å². The molecule has 298 valence electrons. The predicted octanol–water partition coefficient (Wildman–Crippen LogP) is 16.4. The molecule has 63 heavy (non-hydrogen) atoms. The van der Waals surface area contributed by atoms with E-state index in [1.807, 2.05) is 18.2 Å². The van der Waals surface area contributed by atoms with Crippen LogP contribution < -0.4 is 0 Å². The number of hydrogen-bond acceptors (Lipinski definition) is 0. The van der Waals surface area contributed by atoms with Gasteiger partial charge in [0, 0.05) is 28.0 Å². The van der Waals surface area contributed by atoms with Crippen molar-refractivity contribution < 1.29 is 0 Å². The van der Waals surface area contributed by atoms with E-state index >= 15 is 0 Å². The molecule has 0 fully saturated rings. The molecule has 10 aromatic rings. The molecule has 1 aromatic heterocycles. The highest BCUT2D eigenvalue weighted by Gasteiger charge is 2.19. The van der Waals surface area contributed by atoms with Crippen molar-refractivity contribution in [2.75, 3.05) is 0 Å². The Morgan fingerprint density at radius 3 is 1.87 bits per heavy atom. The summed E-state index contributed by atoms with van der Waals surface area (Å²) in [6.45, 7) is 0. The highest BCUT2D eigenvalue weighted by Crippen LogP contribution is 2.38. The Morgan fingerprint density at radius 2 is 1.03 bits per heavy atom. The van der Waals surface area contributed by atoms with Crippen molar-refractivity contribution in [3.8, 4) is 39.1 Å². The largest absolute Gasteiger partial charge is 0.309 e. The molecule has 0 N–H and O–H groups in total. The number of aromatic nitrogens is 1. The minimum absolute atomic E-state index is 0.245. The summed E-state index contributed by atoms with van der Waals surface area (Å²) in [5.74, 6) is 0.245. The minimum Gasteiger partial charge on any atom is -0.309 e. The molecule has 1 heterocycles. The first-order chi connectivity index (χ1) is 31.2. The minimum atomic E-state index is 0.245. The third-order valence-electron chi connectivity index (χ3n) is 12.7. The van der Waals surface area contributed by atoms with Crippen LogP contribution >= 0.6 is 0 Å². The fourth-order valence-corrected chi connectivity index (χ4v) is 9.53. The number of rotatable bonds is 10. The van der Waals surface area contributed by atoms with Crippen molar-refractivity contribution in [1.82, 2.24) is 4.57 Å². The van der Waals surface area contributed by atoms with Gasteiger partial charge in [-0.1, -0.05) is 194 Å². The van der Waals surface area contributed by atoms with Crippen LogP contribution in [0.1, 0.15) is 34.6 Å². The van der Waals surface area contributed by atoms with E-state index in [0.717, 1.165) is 29.7 Å². The molecule has 0 amide bonds. The van der Waals surface area contributed by atoms with Crippen molar-refractivity contribution in [2.45, 2.75) is 18.8 Å². The molecule has 0 bridgehead atoms. The van der Waals surface area contributed by atoms with Crippen LogP contribution in [-0.2, 0) is 6.42 Å². The average molecular weight is 804 g/mol. The quantitative estimate of drug-likeness (QED) is 0.121. The first-order valence-corrected chi connectivity index (χ1v) is 22.0. The SMILES string of the molecule is C1=CC=CC=CC=1c1cccc(-n2c3ccccc3c3cc(-c4ccc(CCC(c5ccc(-c6cccc(-c7ccccc7)c6)cc5)c5cccc6ccccc56)cc4)ccc32)c1. The van der Waals surface area contributed by atoms with Crippen molar-refractivity contribution in [2.24, 2.45) is 0 Å². The summed E-state index contributed by atoms with van der Waals surface area (Å²) < 4.78 is 2.40. The third kappa shape index (κ3) is 7.57. The van der Waals surface area contributed by atoms with Gasteiger partial charge in [0.1, 0.15) is 0 Å². The van der Waals surface area contributed by atoms with E-state index in [1.54, 1.807) is 0 Å². The van der Waals surface area contributed by atoms with E-state index < -0.39 is 0 Å². The Morgan fingerprint density at radius 1 is 0.413 bits per heavy atom. The lowest BCUT2D eigenvalue weighted by Crippen LogP contribution is -2.04. The van der Waals surface area contributed by atoms with E-state index in [9.17, 15) is 0 Å². The van der Waals surface area contributed by atoms with Gasteiger partial charge in [0.2, 0.25) is 0 Å². The summed E-state index contributed by atoms with van der Waals surface area (Å²) >= 11 is 0. The lowest BCUT2D eigenvalue weighted by Gasteiger charge is -2.21. The molecule has 1 aliphatic carbocycles. The van der Waals surface area contributed by atoms with Crippen molar-refractivity contribution >= 4 is 38.2 Å². The van der Waals surface area contributed by atoms with Gasteiger partial charge in [-0.05, 0) is 128 Å². The Labute approximate surface area is 369 Å². The molecule has 9 aromatic carbocycles. The Hall–Kier alpha value is -7.96. The molecule has 1 heteroatoms. The van der Waals surface area contributed by atoms with E-state index in [-0.39, 0.29) is 5.92 Å². The smallest absolute Gasteiger partial charge is 0.0541 e. The Balaban J connectivity index is 0.881. The van der Waals surface area contributed by atoms with Gasteiger partial charge in [-0.2, -0.15) is 0 Å². The van der Waals surface area contributed by atoms with Crippen LogP contribution in [0.3, 0.4) is 0 Å². The molecule has 0 spiro atoms. The van der Waals surface area contributed by atoms with Crippen LogP contribution in [0.4, 0.5) is 0 Å². The standard InChI is InChI=1S/C62H45N/c1-2-5-16-46(15-4-1)53-23-13-24-55(42-53)63-61-28-11-10-26-59(61)60-43-54(38-40-62(60)63)47-32-29-44(30-33-47)31-39-57(58-27-14-20-49-19-8-9-25-56(49)58)50-36-34-48(35-37-50)52-22-12-21-51(41-52)45-17-6-3-7-18-45/h1-15,17-30,32-38,40-43,57H,31,39H2. The molecule has 0 saturated carbocycles. The Kier molecular flexibility index (Phi) is 10.2. The second-order valence-corrected chi connectivity index (χ2v) is 16.5. The average Bonchev–Trinajstić information content (AvgIpc) is 3.46. The summed E-state index contributed by atoms with van der Waals surface area (Å²) in [5, 5.41) is 5.12. The maximum absolute atomic E-state index is 3.43. The molecular formula is C62H45N. The van der Waals surface area contributed by atoms with E-state index in [1.165, 1.54) is 82.6 Å². The number of allylic oxidation sites excluding steroid dienone is 5. The predicted molar refractivity (Wildman–Crippen MR) is 267 cm³/mol. The lowest BCUT2D eigenvalue weighted by molar-refractivity contribution is 0.720. The van der Waals surface area contributed by atoms with Crippen LogP contribution in [0.15, 0.2) is 248 Å². The highest BCUT2D eigenvalue weighted by atomic mass is 15.0. The number of nitrogens with zero attached hydrogens (tertiary/aromatic N) is 1. The number of hydrogen-bond donors (Lipinski definition) is 0. The van der Waals surface area contributed by atoms with Crippen LogP contribution in [0.25, 0.3) is 77.2 Å². The molecule has 1 aliphatic rings. The van der Waals surface area contributed by atoms with Crippen molar-refractivity contribution in [1.29, 1.82) is 0 Å². The van der Waals surface area contributed by atoms with Gasteiger partial charge >= 0.3 is 0 Å². The van der Waals surface area contributed by atoms with Crippen LogP contribution in [-0.4, -0.2) is 4.57 Å². The van der Waals surface area contributed by atoms with Gasteiger partial charge in [0.05, 0.1) is 11.0 Å². The van der Waals surface area contributed by atoms with Gasteiger partial charge in [0.15, 0.2) is 0 Å². The second-order valence-electron chi connectivity index (χ2n) is 16.5. The van der Waals surface area contributed by atoms with E-state index in [0.29, 0.717) is 0 Å². The van der Waals surface area contributed by atoms with Gasteiger partial charge in [-0.25, -0.2) is 0 Å². The molecule has 1 nitrogen and oxygen atoms in total. The summed E-state index contributed by atoms with van der Waals surface area (Å²) in [6, 6.07) is 78.2. The van der Waals surface area contributed by atoms with Crippen LogP contribution in [0, 0.1) is 0 Å². The van der Waals surface area contributed by atoms with Gasteiger partial charge in [-0.15, -0.1) is 5.73 Å². The zero-order valence-electron chi connectivity index (χ0n) is 35.0. The normalized spacial score (nSPS) is 12.8. The first-order valence-electron chi connectivity index (χ1n) is 22.0. The summed E-state index contributed by atoms with van der Waals surface area (Å²) in [4.78, 5) is 0. The van der Waals surface area contributed by atoms with Crippen molar-refractivity contribution in [3.05, 3.63) is 271 Å². The number of para-hydroxylation sites is 1. The van der Waals surface area contributed by atoms with E-state index in [4.69, 9.17) is 0 Å². The molecule has 1 atom stereocenters. The Bertz CT molecular complexity index is 3400. The van der Waals surface area contributed by atoms with Crippen LogP contribution in [0.2, 0.25) is 0 Å². The fourth-order valence-electron chi connectivity index (χ4n) is 9.53. The number of fused-ring (bicyclic) bond motifs is 4. The molecule has 0 saturated heterocycles. The topological polar surface area (TPSA) is 4.93 Å². The molecule has 0 aliphatic heterocycles. The summed E-state index contributed by atoms with van der Waals surface area (Å²) in [6.07, 6.45) is 12.2. The molecule has 1 unspecified atom stereocenters. The molecule has 11 rings (SSSR count). The summed E-state index contributed by atoms with van der Waals surface area (Å²) in [5.41, 5.74) is 20.7. The van der Waals surface area contributed by atoms with Gasteiger partial charge in [-0.3, -0.25) is 0 Å². The van der Waals surface area contributed by atoms with E-state index in [2.05, 4.69) is 235 Å². The first kappa shape index (κ1) is 38.0. The number of aryl methyl sites for hydroxylation is 1. The maximum Gasteiger partial charge on any atom is 0.0541 e. The lowest BCUT2D eigenvalue weighted by atomic mass is 9.83. The van der Waals surface area contributed by atoms with Crippen molar-refractivity contribution in [3.63, 3.8) is 0 Å². The molecule has 0 radical (unpaired) electrons. The monoisotopic (exact) mass is 803 g/mol. The zero-order chi connectivity index (χ0) is 42.0.